The van der Waals surface area contributed by atoms with Crippen LogP contribution >= 0.6 is 0 Å². The molecule has 0 bridgehead atoms. The van der Waals surface area contributed by atoms with Crippen LogP contribution in [0.1, 0.15) is 31.9 Å². The second-order valence-corrected chi connectivity index (χ2v) is 6.72. The Hall–Kier alpha value is -1.59. The van der Waals surface area contributed by atoms with E-state index in [0.29, 0.717) is 12.0 Å². The lowest BCUT2D eigenvalue weighted by Crippen LogP contribution is -2.38. The van der Waals surface area contributed by atoms with Crippen LogP contribution in [0.3, 0.4) is 0 Å². The number of ether oxygens (including phenoxy) is 1. The first-order chi connectivity index (χ1) is 11.1. The fraction of sp³-hybridized carbons (Fsp3) is 0.611. The SMILES string of the molecule is CC1CCN(C(=O)Nc2ccc(C(C)N3CCOCC3)cc2)C1. The molecule has 2 saturated heterocycles. The Morgan fingerprint density at radius 1 is 1.22 bits per heavy atom. The molecule has 2 aliphatic rings. The summed E-state index contributed by atoms with van der Waals surface area (Å²) in [5.41, 5.74) is 2.15. The number of nitrogens with one attached hydrogen (secondary N) is 1. The number of likely N-dealkylation sites (tertiary alicyclic amines) is 1. The predicted molar refractivity (Wildman–Crippen MR) is 91.6 cm³/mol. The number of amides is 2. The molecule has 2 heterocycles. The van der Waals surface area contributed by atoms with Crippen LogP contribution in [0.5, 0.6) is 0 Å². The minimum absolute atomic E-state index is 0.0170. The fourth-order valence-corrected chi connectivity index (χ4v) is 3.34. The zero-order valence-corrected chi connectivity index (χ0v) is 14.1. The highest BCUT2D eigenvalue weighted by molar-refractivity contribution is 5.89. The lowest BCUT2D eigenvalue weighted by atomic mass is 10.1. The zero-order valence-electron chi connectivity index (χ0n) is 14.1. The highest BCUT2D eigenvalue weighted by Gasteiger charge is 2.23. The van der Waals surface area contributed by atoms with Crippen molar-refractivity contribution in [1.82, 2.24) is 9.80 Å². The first-order valence-corrected chi connectivity index (χ1v) is 8.61. The van der Waals surface area contributed by atoms with Crippen molar-refractivity contribution in [3.05, 3.63) is 29.8 Å². The molecule has 1 aromatic rings. The molecule has 1 aromatic carbocycles. The fourth-order valence-electron chi connectivity index (χ4n) is 3.34. The van der Waals surface area contributed by atoms with Gasteiger partial charge in [0.1, 0.15) is 0 Å². The molecule has 126 valence electrons. The van der Waals surface area contributed by atoms with Crippen LogP contribution in [0.4, 0.5) is 10.5 Å². The molecule has 0 radical (unpaired) electrons. The van der Waals surface area contributed by atoms with Crippen molar-refractivity contribution in [3.63, 3.8) is 0 Å². The van der Waals surface area contributed by atoms with Gasteiger partial charge in [-0.3, -0.25) is 4.90 Å². The van der Waals surface area contributed by atoms with Crippen LogP contribution in [0, 0.1) is 5.92 Å². The van der Waals surface area contributed by atoms with Gasteiger partial charge in [-0.05, 0) is 37.0 Å². The summed E-state index contributed by atoms with van der Waals surface area (Å²) in [5.74, 6) is 0.609. The van der Waals surface area contributed by atoms with Gasteiger partial charge in [-0.1, -0.05) is 19.1 Å². The molecule has 0 aliphatic carbocycles. The molecule has 2 aliphatic heterocycles. The molecule has 3 rings (SSSR count). The van der Waals surface area contributed by atoms with E-state index in [4.69, 9.17) is 4.74 Å². The third kappa shape index (κ3) is 4.03. The van der Waals surface area contributed by atoms with Crippen LogP contribution in [-0.2, 0) is 4.74 Å². The molecule has 0 spiro atoms. The van der Waals surface area contributed by atoms with Crippen molar-refractivity contribution in [1.29, 1.82) is 0 Å². The third-order valence-electron chi connectivity index (χ3n) is 4.95. The molecule has 23 heavy (non-hydrogen) atoms. The highest BCUT2D eigenvalue weighted by Crippen LogP contribution is 2.23. The molecule has 5 nitrogen and oxygen atoms in total. The summed E-state index contributed by atoms with van der Waals surface area (Å²) >= 11 is 0. The number of carbonyl (C=O) groups is 1. The third-order valence-corrected chi connectivity index (χ3v) is 4.95. The summed E-state index contributed by atoms with van der Waals surface area (Å²) in [7, 11) is 0. The van der Waals surface area contributed by atoms with Crippen molar-refractivity contribution in [2.75, 3.05) is 44.7 Å². The Balaban J connectivity index is 1.57. The molecule has 0 saturated carbocycles. The Labute approximate surface area is 138 Å². The summed E-state index contributed by atoms with van der Waals surface area (Å²) < 4.78 is 5.41. The van der Waals surface area contributed by atoms with Gasteiger partial charge in [0.25, 0.3) is 0 Å². The van der Waals surface area contributed by atoms with Crippen LogP contribution in [-0.4, -0.2) is 55.2 Å². The van der Waals surface area contributed by atoms with E-state index in [1.54, 1.807) is 0 Å². The number of carbonyl (C=O) groups excluding carboxylic acids is 1. The number of morpholine rings is 1. The number of hydrogen-bond donors (Lipinski definition) is 1. The van der Waals surface area contributed by atoms with Crippen molar-refractivity contribution in [2.45, 2.75) is 26.3 Å². The average molecular weight is 317 g/mol. The van der Waals surface area contributed by atoms with Gasteiger partial charge in [-0.15, -0.1) is 0 Å². The van der Waals surface area contributed by atoms with Crippen molar-refractivity contribution in [2.24, 2.45) is 5.92 Å². The van der Waals surface area contributed by atoms with E-state index in [1.165, 1.54) is 5.56 Å². The number of nitrogens with zero attached hydrogens (tertiary/aromatic N) is 2. The van der Waals surface area contributed by atoms with Gasteiger partial charge >= 0.3 is 6.03 Å². The second kappa shape index (κ2) is 7.32. The molecular formula is C18H27N3O2. The molecule has 1 N–H and O–H groups in total. The maximum Gasteiger partial charge on any atom is 0.321 e. The molecule has 2 atom stereocenters. The maximum absolute atomic E-state index is 12.2. The van der Waals surface area contributed by atoms with Gasteiger partial charge in [0, 0.05) is 37.9 Å². The highest BCUT2D eigenvalue weighted by atomic mass is 16.5. The number of hydrogen-bond acceptors (Lipinski definition) is 3. The van der Waals surface area contributed by atoms with Crippen LogP contribution in [0.15, 0.2) is 24.3 Å². The summed E-state index contributed by atoms with van der Waals surface area (Å²) in [6.45, 7) is 9.72. The Morgan fingerprint density at radius 2 is 1.91 bits per heavy atom. The van der Waals surface area contributed by atoms with Gasteiger partial charge < -0.3 is 15.0 Å². The van der Waals surface area contributed by atoms with Gasteiger partial charge in [0.2, 0.25) is 0 Å². The molecular weight excluding hydrogens is 290 g/mol. The van der Waals surface area contributed by atoms with E-state index < -0.39 is 0 Å². The average Bonchev–Trinajstić information content (AvgIpc) is 3.02. The van der Waals surface area contributed by atoms with Crippen LogP contribution in [0.2, 0.25) is 0 Å². The minimum Gasteiger partial charge on any atom is -0.379 e. The molecule has 5 heteroatoms. The molecule has 2 fully saturated rings. The standard InChI is InChI=1S/C18H27N3O2/c1-14-7-8-21(13-14)18(22)19-17-5-3-16(4-6-17)15(2)20-9-11-23-12-10-20/h3-6,14-15H,7-13H2,1-2H3,(H,19,22). The summed E-state index contributed by atoms with van der Waals surface area (Å²) in [5, 5.41) is 3.00. The summed E-state index contributed by atoms with van der Waals surface area (Å²) in [6.07, 6.45) is 1.10. The van der Waals surface area contributed by atoms with Crippen LogP contribution < -0.4 is 5.32 Å². The van der Waals surface area contributed by atoms with E-state index >= 15 is 0 Å². The monoisotopic (exact) mass is 317 g/mol. The number of anilines is 1. The van der Waals surface area contributed by atoms with Crippen LogP contribution in [0.25, 0.3) is 0 Å². The van der Waals surface area contributed by atoms with E-state index in [0.717, 1.165) is 51.5 Å². The summed E-state index contributed by atoms with van der Waals surface area (Å²) in [6, 6.07) is 8.63. The smallest absolute Gasteiger partial charge is 0.321 e. The molecule has 2 amide bonds. The second-order valence-electron chi connectivity index (χ2n) is 6.72. The Morgan fingerprint density at radius 3 is 2.52 bits per heavy atom. The molecule has 0 aromatic heterocycles. The zero-order chi connectivity index (χ0) is 16.2. The first-order valence-electron chi connectivity index (χ1n) is 8.61. The number of benzene rings is 1. The normalized spacial score (nSPS) is 23.7. The van der Waals surface area contributed by atoms with Gasteiger partial charge in [-0.25, -0.2) is 4.79 Å². The number of urea groups is 1. The van der Waals surface area contributed by atoms with Gasteiger partial charge in [0.15, 0.2) is 0 Å². The lowest BCUT2D eigenvalue weighted by Gasteiger charge is -2.32. The summed E-state index contributed by atoms with van der Waals surface area (Å²) in [4.78, 5) is 16.6. The van der Waals surface area contributed by atoms with E-state index in [-0.39, 0.29) is 6.03 Å². The minimum atomic E-state index is 0.0170. The Bertz CT molecular complexity index is 526. The maximum atomic E-state index is 12.2. The predicted octanol–water partition coefficient (Wildman–Crippen LogP) is 2.95. The first kappa shape index (κ1) is 16.3. The lowest BCUT2D eigenvalue weighted by molar-refractivity contribution is 0.0198. The van der Waals surface area contributed by atoms with E-state index in [2.05, 4.69) is 36.2 Å². The van der Waals surface area contributed by atoms with Crippen molar-refractivity contribution in [3.8, 4) is 0 Å². The van der Waals surface area contributed by atoms with Gasteiger partial charge in [-0.2, -0.15) is 0 Å². The van der Waals surface area contributed by atoms with Crippen molar-refractivity contribution < 1.29 is 9.53 Å². The Kier molecular flexibility index (Phi) is 5.18. The van der Waals surface area contributed by atoms with Crippen molar-refractivity contribution >= 4 is 11.7 Å². The molecule has 2 unspecified atom stereocenters. The quantitative estimate of drug-likeness (QED) is 0.932. The topological polar surface area (TPSA) is 44.8 Å². The largest absolute Gasteiger partial charge is 0.379 e. The number of rotatable bonds is 3. The van der Waals surface area contributed by atoms with Gasteiger partial charge in [0.05, 0.1) is 13.2 Å². The van der Waals surface area contributed by atoms with E-state index in [1.807, 2.05) is 17.0 Å². The van der Waals surface area contributed by atoms with E-state index in [9.17, 15) is 4.79 Å².